The van der Waals surface area contributed by atoms with Crippen molar-refractivity contribution in [3.8, 4) is 17.0 Å². The third-order valence-corrected chi connectivity index (χ3v) is 11.8. The number of imide groups is 2. The van der Waals surface area contributed by atoms with Crippen molar-refractivity contribution in [2.75, 3.05) is 72.9 Å². The molecule has 288 valence electrons. The van der Waals surface area contributed by atoms with Crippen molar-refractivity contribution in [1.82, 2.24) is 30.1 Å². The molecule has 0 radical (unpaired) electrons. The first-order valence-corrected chi connectivity index (χ1v) is 19.4. The molecule has 1 atom stereocenters. The average molecular weight is 765 g/mol. The van der Waals surface area contributed by atoms with Crippen LogP contribution in [0.2, 0.25) is 0 Å². The zero-order valence-electron chi connectivity index (χ0n) is 31.3. The first kappa shape index (κ1) is 34.8. The lowest BCUT2D eigenvalue weighted by atomic mass is 10.00. The number of piperidine rings is 1. The summed E-state index contributed by atoms with van der Waals surface area (Å²) >= 11 is 0. The van der Waals surface area contributed by atoms with E-state index in [0.717, 1.165) is 101 Å². The van der Waals surface area contributed by atoms with Gasteiger partial charge in [0.1, 0.15) is 18.3 Å². The number of nitrogens with zero attached hydrogens (tertiary/aromatic N) is 7. The van der Waals surface area contributed by atoms with E-state index < -0.39 is 23.8 Å². The van der Waals surface area contributed by atoms with Crippen LogP contribution in [0.4, 0.5) is 28.7 Å². The van der Waals surface area contributed by atoms with E-state index in [1.54, 1.807) is 12.1 Å². The average Bonchev–Trinajstić information content (AvgIpc) is 3.46. The van der Waals surface area contributed by atoms with Gasteiger partial charge in [-0.05, 0) is 73.0 Å². The molecule has 15 heteroatoms. The molecular weight excluding hydrogens is 725 g/mol. The molecule has 0 bridgehead atoms. The second kappa shape index (κ2) is 13.8. The fourth-order valence-electron chi connectivity index (χ4n) is 8.55. The van der Waals surface area contributed by atoms with Crippen LogP contribution < -0.4 is 30.5 Å². The number of amides is 4. The Labute approximate surface area is 328 Å². The van der Waals surface area contributed by atoms with Gasteiger partial charge in [0.15, 0.2) is 0 Å². The van der Waals surface area contributed by atoms with Crippen LogP contribution in [-0.2, 0) is 9.59 Å². The van der Waals surface area contributed by atoms with E-state index >= 15 is 0 Å². The van der Waals surface area contributed by atoms with Crippen LogP contribution in [0.15, 0.2) is 73.1 Å². The molecule has 10 rings (SSSR count). The lowest BCUT2D eigenvalue weighted by molar-refractivity contribution is -0.136. The van der Waals surface area contributed by atoms with Gasteiger partial charge in [0.25, 0.3) is 11.8 Å². The van der Waals surface area contributed by atoms with Crippen molar-refractivity contribution in [3.05, 3.63) is 89.7 Å². The number of anilines is 5. The molecule has 5 aromatic rings. The number of carbonyl (C=O) groups excluding carboxylic acids is 4. The molecule has 57 heavy (non-hydrogen) atoms. The molecule has 2 aromatic heterocycles. The van der Waals surface area contributed by atoms with Gasteiger partial charge in [-0.25, -0.2) is 15.0 Å². The number of carbonyl (C=O) groups is 4. The highest BCUT2D eigenvalue weighted by Crippen LogP contribution is 2.37. The highest BCUT2D eigenvalue weighted by atomic mass is 16.5. The van der Waals surface area contributed by atoms with Crippen LogP contribution in [0.5, 0.6) is 5.88 Å². The Balaban J connectivity index is 0.734. The Kier molecular flexibility index (Phi) is 8.47. The van der Waals surface area contributed by atoms with Crippen molar-refractivity contribution in [3.63, 3.8) is 0 Å². The molecule has 3 saturated heterocycles. The Morgan fingerprint density at radius 3 is 2.40 bits per heavy atom. The highest BCUT2D eigenvalue weighted by Gasteiger charge is 2.45. The monoisotopic (exact) mass is 764 g/mol. The number of ether oxygens (including phenoxy) is 1. The topological polar surface area (TPSA) is 165 Å². The van der Waals surface area contributed by atoms with Crippen molar-refractivity contribution < 1.29 is 23.9 Å². The summed E-state index contributed by atoms with van der Waals surface area (Å²) in [4.78, 5) is 72.5. The van der Waals surface area contributed by atoms with Crippen molar-refractivity contribution in [2.45, 2.75) is 31.8 Å². The van der Waals surface area contributed by atoms with Crippen molar-refractivity contribution in [1.29, 1.82) is 0 Å². The van der Waals surface area contributed by atoms with E-state index in [0.29, 0.717) is 35.6 Å². The number of hydrogen-bond acceptors (Lipinski definition) is 13. The molecule has 5 aliphatic rings. The first-order valence-electron chi connectivity index (χ1n) is 19.4. The predicted octanol–water partition coefficient (Wildman–Crippen LogP) is 3.96. The van der Waals surface area contributed by atoms with Gasteiger partial charge in [0.05, 0.1) is 16.6 Å². The molecule has 5 aliphatic heterocycles. The van der Waals surface area contributed by atoms with Crippen LogP contribution in [0, 0.1) is 6.92 Å². The van der Waals surface area contributed by atoms with Crippen molar-refractivity contribution in [2.24, 2.45) is 0 Å². The molecule has 3 aromatic carbocycles. The van der Waals surface area contributed by atoms with Gasteiger partial charge in [-0.1, -0.05) is 12.1 Å². The first-order chi connectivity index (χ1) is 27.8. The van der Waals surface area contributed by atoms with Crippen LogP contribution in [0.25, 0.3) is 22.0 Å². The summed E-state index contributed by atoms with van der Waals surface area (Å²) < 4.78 is 5.71. The molecule has 15 nitrogen and oxygen atoms in total. The third-order valence-electron chi connectivity index (χ3n) is 11.8. The zero-order chi connectivity index (χ0) is 38.8. The van der Waals surface area contributed by atoms with Crippen LogP contribution >= 0.6 is 0 Å². The molecule has 3 N–H and O–H groups in total. The van der Waals surface area contributed by atoms with Gasteiger partial charge < -0.3 is 25.2 Å². The number of pyridine rings is 1. The maximum Gasteiger partial charge on any atom is 0.262 e. The SMILES string of the molecule is Cc1c(-c2ccc3cnc(Nc4ccc(N5CCN(C6CN(c7ccc8c(c7)C(=O)N(C7CCC(=O)NC7=O)C8=O)C6)CC5)cc4)nc3c2)cnc2c1NCCO2. The van der Waals surface area contributed by atoms with E-state index in [9.17, 15) is 19.2 Å². The number of hydrogen-bond donors (Lipinski definition) is 3. The molecule has 4 amide bonds. The number of fused-ring (bicyclic) bond motifs is 3. The summed E-state index contributed by atoms with van der Waals surface area (Å²) in [5, 5.41) is 9.99. The minimum Gasteiger partial charge on any atom is -0.474 e. The van der Waals surface area contributed by atoms with E-state index in [1.165, 1.54) is 0 Å². The summed E-state index contributed by atoms with van der Waals surface area (Å²) in [5.74, 6) is -0.791. The maximum atomic E-state index is 13.3. The predicted molar refractivity (Wildman–Crippen MR) is 214 cm³/mol. The molecule has 1 unspecified atom stereocenters. The van der Waals surface area contributed by atoms with Gasteiger partial charge in [-0.15, -0.1) is 0 Å². The quantitative estimate of drug-likeness (QED) is 0.204. The van der Waals surface area contributed by atoms with Crippen LogP contribution in [-0.4, -0.2) is 113 Å². The molecule has 0 saturated carbocycles. The van der Waals surface area contributed by atoms with Gasteiger partial charge in [-0.3, -0.25) is 34.3 Å². The summed E-state index contributed by atoms with van der Waals surface area (Å²) in [5.41, 5.74) is 8.50. The van der Waals surface area contributed by atoms with Gasteiger partial charge in [-0.2, -0.15) is 0 Å². The van der Waals surface area contributed by atoms with E-state index in [-0.39, 0.29) is 18.7 Å². The minimum atomic E-state index is -0.969. The van der Waals surface area contributed by atoms with E-state index in [4.69, 9.17) is 9.72 Å². The van der Waals surface area contributed by atoms with Gasteiger partial charge >= 0.3 is 0 Å². The van der Waals surface area contributed by atoms with Gasteiger partial charge in [0, 0.05) is 98.7 Å². The van der Waals surface area contributed by atoms with E-state index in [1.807, 2.05) is 24.5 Å². The standard InChI is InChI=1S/C42H40N10O5/c1-24-33(21-44-39-37(24)43-12-17-57-39)25-2-3-26-20-45-42(47-34(26)18-25)46-27-4-6-28(7-5-27)49-13-15-50(16-14-49)30-22-51(23-30)29-8-9-31-32(19-29)41(56)52(40(31)55)35-10-11-36(53)48-38(35)54/h2-9,18-21,30,35,43H,10-17,22-23H2,1H3,(H,45,46,47)(H,48,53,54). The Morgan fingerprint density at radius 1 is 0.807 bits per heavy atom. The second-order valence-electron chi connectivity index (χ2n) is 15.2. The second-order valence-corrected chi connectivity index (χ2v) is 15.2. The smallest absolute Gasteiger partial charge is 0.262 e. The molecule has 7 heterocycles. The fraction of sp³-hybridized carbons (Fsp3) is 0.310. The fourth-order valence-corrected chi connectivity index (χ4v) is 8.55. The Bertz CT molecular complexity index is 2480. The highest BCUT2D eigenvalue weighted by molar-refractivity contribution is 6.23. The lowest BCUT2D eigenvalue weighted by Crippen LogP contribution is -2.63. The maximum absolute atomic E-state index is 13.3. The number of rotatable bonds is 7. The Hall–Kier alpha value is -6.61. The number of aromatic nitrogens is 3. The summed E-state index contributed by atoms with van der Waals surface area (Å²) in [7, 11) is 0. The molecule has 0 aliphatic carbocycles. The number of nitrogens with one attached hydrogen (secondary N) is 3. The molecule has 0 spiro atoms. The minimum absolute atomic E-state index is 0.0950. The molecule has 3 fully saturated rings. The zero-order valence-corrected chi connectivity index (χ0v) is 31.3. The lowest BCUT2D eigenvalue weighted by Gasteiger charge is -2.49. The van der Waals surface area contributed by atoms with E-state index in [2.05, 4.69) is 83.9 Å². The summed E-state index contributed by atoms with van der Waals surface area (Å²) in [6.07, 6.45) is 3.93. The molecular formula is C42H40N10O5. The van der Waals surface area contributed by atoms with Crippen LogP contribution in [0.3, 0.4) is 0 Å². The normalized spacial score (nSPS) is 19.8. The largest absolute Gasteiger partial charge is 0.474 e. The Morgan fingerprint density at radius 2 is 1.60 bits per heavy atom. The number of benzene rings is 3. The summed E-state index contributed by atoms with van der Waals surface area (Å²) in [6, 6.07) is 19.3. The van der Waals surface area contributed by atoms with Crippen molar-refractivity contribution >= 4 is 63.2 Å². The third kappa shape index (κ3) is 6.23. The van der Waals surface area contributed by atoms with Crippen LogP contribution in [0.1, 0.15) is 39.1 Å². The number of piperazine rings is 1. The summed E-state index contributed by atoms with van der Waals surface area (Å²) in [6.45, 7) is 8.80. The van der Waals surface area contributed by atoms with Gasteiger partial charge in [0.2, 0.25) is 23.6 Å².